The second-order valence-corrected chi connectivity index (χ2v) is 4.14. The van der Waals surface area contributed by atoms with Crippen LogP contribution in [-0.2, 0) is 4.74 Å². The quantitative estimate of drug-likeness (QED) is 0.682. The molecule has 2 fully saturated rings. The van der Waals surface area contributed by atoms with Crippen molar-refractivity contribution in [1.29, 1.82) is 0 Å². The molecule has 2 atom stereocenters. The molecule has 0 bridgehead atoms. The molecule has 2 unspecified atom stereocenters. The van der Waals surface area contributed by atoms with E-state index in [0.717, 1.165) is 19.8 Å². The number of piperidine rings is 1. The first-order chi connectivity index (χ1) is 6.42. The number of likely N-dealkylation sites (tertiary alicyclic amines) is 1. The Balaban J connectivity index is 1.93. The Hall–Kier alpha value is -0.120. The molecule has 2 saturated heterocycles. The third kappa shape index (κ3) is 2.03. The summed E-state index contributed by atoms with van der Waals surface area (Å²) in [5.74, 6) is 0. The van der Waals surface area contributed by atoms with Crippen LogP contribution < -0.4 is 5.73 Å². The van der Waals surface area contributed by atoms with Crippen LogP contribution in [0.3, 0.4) is 0 Å². The van der Waals surface area contributed by atoms with Crippen LogP contribution in [0, 0.1) is 0 Å². The van der Waals surface area contributed by atoms with Gasteiger partial charge in [0.2, 0.25) is 0 Å². The highest BCUT2D eigenvalue weighted by Gasteiger charge is 2.30. The summed E-state index contributed by atoms with van der Waals surface area (Å²) in [6, 6.07) is 1.29. The lowest BCUT2D eigenvalue weighted by Crippen LogP contribution is -2.49. The molecule has 0 aromatic heterocycles. The highest BCUT2D eigenvalue weighted by atomic mass is 16.5. The molecule has 0 spiro atoms. The van der Waals surface area contributed by atoms with Crippen LogP contribution in [0.5, 0.6) is 0 Å². The van der Waals surface area contributed by atoms with Gasteiger partial charge in [0.25, 0.3) is 0 Å². The van der Waals surface area contributed by atoms with Crippen LogP contribution in [0.4, 0.5) is 0 Å². The first-order valence-corrected chi connectivity index (χ1v) is 5.45. The van der Waals surface area contributed by atoms with Crippen LogP contribution in [0.1, 0.15) is 25.7 Å². The Morgan fingerprint density at radius 3 is 2.92 bits per heavy atom. The molecule has 0 saturated carbocycles. The second-order valence-electron chi connectivity index (χ2n) is 4.14. The lowest BCUT2D eigenvalue weighted by Gasteiger charge is -2.38. The fourth-order valence-corrected chi connectivity index (χ4v) is 2.54. The monoisotopic (exact) mass is 184 g/mol. The van der Waals surface area contributed by atoms with Gasteiger partial charge in [-0.1, -0.05) is 6.42 Å². The fourth-order valence-electron chi connectivity index (χ4n) is 2.54. The summed E-state index contributed by atoms with van der Waals surface area (Å²) in [4.78, 5) is 2.58. The average molecular weight is 184 g/mol. The van der Waals surface area contributed by atoms with Gasteiger partial charge in [-0.05, 0) is 25.8 Å². The normalized spacial score (nSPS) is 36.7. The smallest absolute Gasteiger partial charge is 0.0622 e. The predicted molar refractivity (Wildman–Crippen MR) is 52.6 cm³/mol. The van der Waals surface area contributed by atoms with E-state index in [4.69, 9.17) is 10.5 Å². The van der Waals surface area contributed by atoms with Gasteiger partial charge in [-0.3, -0.25) is 4.90 Å². The molecule has 13 heavy (non-hydrogen) atoms. The molecule has 2 aliphatic heterocycles. The minimum absolute atomic E-state index is 0.625. The second kappa shape index (κ2) is 4.40. The van der Waals surface area contributed by atoms with Crippen molar-refractivity contribution in [1.82, 2.24) is 4.90 Å². The number of hydrogen-bond acceptors (Lipinski definition) is 3. The topological polar surface area (TPSA) is 38.5 Å². The van der Waals surface area contributed by atoms with Crippen molar-refractivity contribution in [2.45, 2.75) is 37.8 Å². The average Bonchev–Trinajstić information content (AvgIpc) is 2.70. The van der Waals surface area contributed by atoms with Crippen molar-refractivity contribution in [3.8, 4) is 0 Å². The maximum atomic E-state index is 5.78. The van der Waals surface area contributed by atoms with Gasteiger partial charge < -0.3 is 10.5 Å². The van der Waals surface area contributed by atoms with Crippen LogP contribution in [0.15, 0.2) is 0 Å². The van der Waals surface area contributed by atoms with Gasteiger partial charge in [0, 0.05) is 25.2 Å². The van der Waals surface area contributed by atoms with E-state index in [0.29, 0.717) is 12.1 Å². The van der Waals surface area contributed by atoms with Gasteiger partial charge in [0.05, 0.1) is 6.61 Å². The number of nitrogens with zero attached hydrogens (tertiary/aromatic N) is 1. The first kappa shape index (κ1) is 9.44. The Bertz CT molecular complexity index is 155. The maximum absolute atomic E-state index is 5.78. The zero-order chi connectivity index (χ0) is 9.10. The Morgan fingerprint density at radius 1 is 1.31 bits per heavy atom. The third-order valence-corrected chi connectivity index (χ3v) is 3.32. The van der Waals surface area contributed by atoms with Gasteiger partial charge in [-0.25, -0.2) is 0 Å². The summed E-state index contributed by atoms with van der Waals surface area (Å²) in [6.07, 6.45) is 5.18. The largest absolute Gasteiger partial charge is 0.380 e. The molecule has 76 valence electrons. The van der Waals surface area contributed by atoms with Gasteiger partial charge in [-0.15, -0.1) is 0 Å². The molecular weight excluding hydrogens is 164 g/mol. The number of rotatable bonds is 2. The molecule has 2 rings (SSSR count). The maximum Gasteiger partial charge on any atom is 0.0622 e. The van der Waals surface area contributed by atoms with Gasteiger partial charge >= 0.3 is 0 Å². The van der Waals surface area contributed by atoms with E-state index >= 15 is 0 Å². The molecule has 3 nitrogen and oxygen atoms in total. The van der Waals surface area contributed by atoms with E-state index in [1.54, 1.807) is 0 Å². The van der Waals surface area contributed by atoms with Gasteiger partial charge in [0.1, 0.15) is 0 Å². The number of hydrogen-bond donors (Lipinski definition) is 1. The SMILES string of the molecule is NCC1CCCCN1C1CCOC1. The van der Waals surface area contributed by atoms with Crippen LogP contribution >= 0.6 is 0 Å². The molecule has 3 heteroatoms. The van der Waals surface area contributed by atoms with Crippen molar-refractivity contribution in [3.05, 3.63) is 0 Å². The zero-order valence-electron chi connectivity index (χ0n) is 8.24. The van der Waals surface area contributed by atoms with Crippen LogP contribution in [0.25, 0.3) is 0 Å². The number of nitrogens with two attached hydrogens (primary N) is 1. The summed E-state index contributed by atoms with van der Waals surface area (Å²) in [5, 5.41) is 0. The minimum atomic E-state index is 0.625. The molecule has 0 aromatic carbocycles. The van der Waals surface area contributed by atoms with Gasteiger partial charge in [0.15, 0.2) is 0 Å². The lowest BCUT2D eigenvalue weighted by atomic mass is 9.99. The standard InChI is InChI=1S/C10H20N2O/c11-7-9-3-1-2-5-12(9)10-4-6-13-8-10/h9-10H,1-8,11H2. The van der Waals surface area contributed by atoms with E-state index in [2.05, 4.69) is 4.90 Å². The van der Waals surface area contributed by atoms with E-state index in [9.17, 15) is 0 Å². The Morgan fingerprint density at radius 2 is 2.23 bits per heavy atom. The molecule has 0 amide bonds. The fraction of sp³-hybridized carbons (Fsp3) is 1.00. The highest BCUT2D eigenvalue weighted by molar-refractivity contribution is 4.85. The van der Waals surface area contributed by atoms with Crippen LogP contribution in [0.2, 0.25) is 0 Å². The molecular formula is C10H20N2O. The summed E-state index contributed by atoms with van der Waals surface area (Å²) < 4.78 is 5.42. The molecule has 2 aliphatic rings. The predicted octanol–water partition coefficient (Wildman–Crippen LogP) is 0.588. The van der Waals surface area contributed by atoms with E-state index in [1.807, 2.05) is 0 Å². The van der Waals surface area contributed by atoms with E-state index in [1.165, 1.54) is 32.2 Å². The van der Waals surface area contributed by atoms with Crippen molar-refractivity contribution in [2.24, 2.45) is 5.73 Å². The summed E-state index contributed by atoms with van der Waals surface area (Å²) in [6.45, 7) is 3.92. The summed E-state index contributed by atoms with van der Waals surface area (Å²) in [7, 11) is 0. The first-order valence-electron chi connectivity index (χ1n) is 5.45. The molecule has 0 radical (unpaired) electrons. The Labute approximate surface area is 80.2 Å². The Kier molecular flexibility index (Phi) is 3.19. The highest BCUT2D eigenvalue weighted by Crippen LogP contribution is 2.22. The number of ether oxygens (including phenoxy) is 1. The molecule has 0 aliphatic carbocycles. The lowest BCUT2D eigenvalue weighted by molar-refractivity contribution is 0.0842. The van der Waals surface area contributed by atoms with E-state index < -0.39 is 0 Å². The molecule has 0 aromatic rings. The van der Waals surface area contributed by atoms with Crippen molar-refractivity contribution in [2.75, 3.05) is 26.3 Å². The van der Waals surface area contributed by atoms with Crippen molar-refractivity contribution < 1.29 is 4.74 Å². The third-order valence-electron chi connectivity index (χ3n) is 3.32. The molecule has 2 N–H and O–H groups in total. The molecule has 2 heterocycles. The van der Waals surface area contributed by atoms with Crippen molar-refractivity contribution >= 4 is 0 Å². The van der Waals surface area contributed by atoms with Gasteiger partial charge in [-0.2, -0.15) is 0 Å². The summed E-state index contributed by atoms with van der Waals surface area (Å²) >= 11 is 0. The van der Waals surface area contributed by atoms with Crippen molar-refractivity contribution in [3.63, 3.8) is 0 Å². The minimum Gasteiger partial charge on any atom is -0.380 e. The zero-order valence-corrected chi connectivity index (χ0v) is 8.24. The summed E-state index contributed by atoms with van der Waals surface area (Å²) in [5.41, 5.74) is 5.78. The van der Waals surface area contributed by atoms with Crippen LogP contribution in [-0.4, -0.2) is 43.3 Å². The van der Waals surface area contributed by atoms with E-state index in [-0.39, 0.29) is 0 Å².